The summed E-state index contributed by atoms with van der Waals surface area (Å²) in [4.78, 5) is 13.4. The number of allylic oxidation sites excluding steroid dienone is 1. The molecule has 1 unspecified atom stereocenters. The number of thiophene rings is 1. The molecule has 6 rings (SSSR count). The highest BCUT2D eigenvalue weighted by Gasteiger charge is 2.32. The van der Waals surface area contributed by atoms with Crippen LogP contribution in [0.25, 0.3) is 10.1 Å². The monoisotopic (exact) mass is 676 g/mol. The van der Waals surface area contributed by atoms with Crippen LogP contribution in [0.15, 0.2) is 90.3 Å². The van der Waals surface area contributed by atoms with Gasteiger partial charge in [-0.05, 0) is 48.9 Å². The molecule has 1 aromatic heterocycles. The number of halogens is 3. The second-order valence-electron chi connectivity index (χ2n) is 9.92. The van der Waals surface area contributed by atoms with Crippen LogP contribution in [0.1, 0.15) is 39.2 Å². The van der Waals surface area contributed by atoms with Gasteiger partial charge in [-0.15, -0.1) is 11.3 Å². The molecule has 0 saturated carbocycles. The van der Waals surface area contributed by atoms with E-state index in [0.29, 0.717) is 49.4 Å². The van der Waals surface area contributed by atoms with Crippen molar-refractivity contribution in [3.63, 3.8) is 0 Å². The molecule has 11 heteroatoms. The topological polar surface area (TPSA) is 104 Å². The first-order chi connectivity index (χ1) is 21.8. The summed E-state index contributed by atoms with van der Waals surface area (Å²) in [7, 11) is 0. The van der Waals surface area contributed by atoms with Gasteiger partial charge in [-0.1, -0.05) is 71.2 Å². The number of benzene rings is 4. The van der Waals surface area contributed by atoms with Gasteiger partial charge in [-0.25, -0.2) is 4.79 Å². The van der Waals surface area contributed by atoms with Crippen LogP contribution < -0.4 is 24.7 Å². The summed E-state index contributed by atoms with van der Waals surface area (Å²) in [5, 5.41) is 12.2. The van der Waals surface area contributed by atoms with E-state index in [9.17, 15) is 10.1 Å². The van der Waals surface area contributed by atoms with Gasteiger partial charge < -0.3 is 24.7 Å². The van der Waals surface area contributed by atoms with Crippen LogP contribution in [0.2, 0.25) is 15.1 Å². The summed E-state index contributed by atoms with van der Waals surface area (Å²) in [6, 6.07) is 25.2. The van der Waals surface area contributed by atoms with Gasteiger partial charge >= 0.3 is 5.97 Å². The first-order valence-corrected chi connectivity index (χ1v) is 15.7. The predicted octanol–water partition coefficient (Wildman–Crippen LogP) is 9.28. The van der Waals surface area contributed by atoms with Crippen molar-refractivity contribution in [3.8, 4) is 29.1 Å². The summed E-state index contributed by atoms with van der Waals surface area (Å²) in [5.41, 5.74) is 8.61. The number of carbonyl (C=O) groups is 1. The Morgan fingerprint density at radius 2 is 1.82 bits per heavy atom. The third-order valence-electron chi connectivity index (χ3n) is 7.12. The van der Waals surface area contributed by atoms with E-state index in [2.05, 4.69) is 6.07 Å². The van der Waals surface area contributed by atoms with Crippen molar-refractivity contribution in [2.45, 2.75) is 19.4 Å². The smallest absolute Gasteiger partial charge is 0.355 e. The number of carbonyl (C=O) groups excluding carboxylic acids is 1. The van der Waals surface area contributed by atoms with Gasteiger partial charge in [0.2, 0.25) is 5.88 Å². The molecule has 4 aromatic carbocycles. The van der Waals surface area contributed by atoms with Crippen molar-refractivity contribution >= 4 is 62.2 Å². The number of nitrogens with two attached hydrogens (primary N) is 1. The van der Waals surface area contributed by atoms with E-state index in [1.54, 1.807) is 42.5 Å². The lowest BCUT2D eigenvalue weighted by Gasteiger charge is -2.27. The molecule has 7 nitrogen and oxygen atoms in total. The van der Waals surface area contributed by atoms with Crippen molar-refractivity contribution in [1.82, 2.24) is 0 Å². The fourth-order valence-corrected chi connectivity index (χ4v) is 6.87. The largest absolute Gasteiger partial charge is 0.490 e. The minimum Gasteiger partial charge on any atom is -0.490 e. The standard InChI is InChI=1S/C34H23Cl3N2O5S/c1-2-41-28-13-18(8-12-26(28)42-17-19-7-9-20(35)14-25(19)36)30-22-11-10-21(15-27(22)44-33(39)24(30)16-38)43-34(40)32-31(37)23-5-3-4-6-29(23)45-32/h3-15,30H,2,17,39H2,1H3. The summed E-state index contributed by atoms with van der Waals surface area (Å²) < 4.78 is 24.4. The number of nitrogens with zero attached hydrogens (tertiary/aromatic N) is 1. The molecule has 45 heavy (non-hydrogen) atoms. The Kier molecular flexibility index (Phi) is 8.79. The van der Waals surface area contributed by atoms with E-state index in [0.717, 1.165) is 21.2 Å². The van der Waals surface area contributed by atoms with Crippen LogP contribution in [-0.4, -0.2) is 12.6 Å². The molecule has 2 heterocycles. The Hall–Kier alpha value is -4.39. The zero-order valence-electron chi connectivity index (χ0n) is 23.6. The second-order valence-corrected chi connectivity index (χ2v) is 12.2. The van der Waals surface area contributed by atoms with E-state index >= 15 is 0 Å². The molecule has 5 aromatic rings. The van der Waals surface area contributed by atoms with Crippen molar-refractivity contribution in [1.29, 1.82) is 5.26 Å². The molecule has 0 saturated heterocycles. The third kappa shape index (κ3) is 6.13. The Morgan fingerprint density at radius 3 is 2.58 bits per heavy atom. The summed E-state index contributed by atoms with van der Waals surface area (Å²) >= 11 is 20.1. The van der Waals surface area contributed by atoms with Crippen LogP contribution >= 0.6 is 46.1 Å². The maximum absolute atomic E-state index is 13.1. The fourth-order valence-electron chi connectivity index (χ4n) is 5.03. The quantitative estimate of drug-likeness (QED) is 0.129. The number of hydrogen-bond donors (Lipinski definition) is 1. The third-order valence-corrected chi connectivity index (χ3v) is 9.36. The molecule has 1 aliphatic heterocycles. The zero-order chi connectivity index (χ0) is 31.7. The van der Waals surface area contributed by atoms with E-state index in [-0.39, 0.29) is 23.8 Å². The highest BCUT2D eigenvalue weighted by Crippen LogP contribution is 2.45. The molecule has 1 aliphatic rings. The van der Waals surface area contributed by atoms with Gasteiger partial charge in [0.25, 0.3) is 0 Å². The SMILES string of the molecule is CCOc1cc(C2C(C#N)=C(N)Oc3cc(OC(=O)c4sc5ccccc5c4Cl)ccc32)ccc1OCc1ccc(Cl)cc1Cl. The van der Waals surface area contributed by atoms with Crippen LogP contribution in [-0.2, 0) is 6.61 Å². The summed E-state index contributed by atoms with van der Waals surface area (Å²) in [6.07, 6.45) is 0. The van der Waals surface area contributed by atoms with Crippen molar-refractivity contribution in [3.05, 3.63) is 127 Å². The highest BCUT2D eigenvalue weighted by molar-refractivity contribution is 7.21. The van der Waals surface area contributed by atoms with Gasteiger partial charge in [-0.2, -0.15) is 5.26 Å². The van der Waals surface area contributed by atoms with E-state index < -0.39 is 11.9 Å². The number of hydrogen-bond acceptors (Lipinski definition) is 8. The first kappa shape index (κ1) is 30.6. The minimum atomic E-state index is -0.591. The van der Waals surface area contributed by atoms with Crippen molar-refractivity contribution < 1.29 is 23.7 Å². The fraction of sp³-hybridized carbons (Fsp3) is 0.118. The normalized spacial score (nSPS) is 14.0. The molecule has 2 N–H and O–H groups in total. The lowest BCUT2D eigenvalue weighted by Crippen LogP contribution is -2.21. The number of fused-ring (bicyclic) bond motifs is 2. The van der Waals surface area contributed by atoms with Gasteiger partial charge in [0, 0.05) is 37.3 Å². The molecule has 0 aliphatic carbocycles. The lowest BCUT2D eigenvalue weighted by atomic mass is 9.83. The molecular weight excluding hydrogens is 655 g/mol. The molecule has 0 fully saturated rings. The van der Waals surface area contributed by atoms with Gasteiger partial charge in [-0.3, -0.25) is 0 Å². The lowest BCUT2D eigenvalue weighted by molar-refractivity contribution is 0.0740. The molecule has 1 atom stereocenters. The number of ether oxygens (including phenoxy) is 4. The maximum atomic E-state index is 13.1. The van der Waals surface area contributed by atoms with Crippen LogP contribution in [0.3, 0.4) is 0 Å². The van der Waals surface area contributed by atoms with Crippen LogP contribution in [0.4, 0.5) is 0 Å². The van der Waals surface area contributed by atoms with E-state index in [1.807, 2.05) is 43.3 Å². The molecule has 0 amide bonds. The average Bonchev–Trinajstić information content (AvgIpc) is 3.37. The number of esters is 1. The van der Waals surface area contributed by atoms with Crippen molar-refractivity contribution in [2.24, 2.45) is 5.73 Å². The molecular formula is C34H23Cl3N2O5S. The zero-order valence-corrected chi connectivity index (χ0v) is 26.7. The van der Waals surface area contributed by atoms with E-state index in [4.69, 9.17) is 59.5 Å². The molecule has 0 spiro atoms. The second kappa shape index (κ2) is 12.9. The average molecular weight is 678 g/mol. The van der Waals surface area contributed by atoms with Crippen LogP contribution in [0, 0.1) is 11.3 Å². The maximum Gasteiger partial charge on any atom is 0.355 e. The van der Waals surface area contributed by atoms with Crippen LogP contribution in [0.5, 0.6) is 23.0 Å². The Labute approximate surface area is 277 Å². The Bertz CT molecular complexity index is 2030. The molecule has 0 radical (unpaired) electrons. The van der Waals surface area contributed by atoms with Gasteiger partial charge in [0.15, 0.2) is 11.5 Å². The number of nitriles is 1. The van der Waals surface area contributed by atoms with Gasteiger partial charge in [0.05, 0.1) is 17.5 Å². The molecule has 0 bridgehead atoms. The summed E-state index contributed by atoms with van der Waals surface area (Å²) in [5.74, 6) is 0.331. The van der Waals surface area contributed by atoms with E-state index in [1.165, 1.54) is 11.3 Å². The first-order valence-electron chi connectivity index (χ1n) is 13.7. The molecule has 226 valence electrons. The van der Waals surface area contributed by atoms with Crippen molar-refractivity contribution in [2.75, 3.05) is 6.61 Å². The Morgan fingerprint density at radius 1 is 1.00 bits per heavy atom. The Balaban J connectivity index is 1.29. The highest BCUT2D eigenvalue weighted by atomic mass is 35.5. The van der Waals surface area contributed by atoms with Gasteiger partial charge in [0.1, 0.15) is 34.6 Å². The summed E-state index contributed by atoms with van der Waals surface area (Å²) in [6.45, 7) is 2.44. The predicted molar refractivity (Wildman–Crippen MR) is 176 cm³/mol. The number of rotatable bonds is 8. The minimum absolute atomic E-state index is 0.0540.